The Hall–Kier alpha value is -1.75. The monoisotopic (exact) mass is 409 g/mol. The minimum absolute atomic E-state index is 0.193. The fourth-order valence-corrected chi connectivity index (χ4v) is 2.68. The van der Waals surface area contributed by atoms with Crippen LogP contribution < -0.4 is 5.32 Å². The number of benzene rings is 2. The van der Waals surface area contributed by atoms with Crippen LogP contribution in [0, 0.1) is 0 Å². The van der Waals surface area contributed by atoms with E-state index in [1.165, 1.54) is 0 Å². The van der Waals surface area contributed by atoms with Crippen LogP contribution in [0.4, 0.5) is 5.69 Å². The molecule has 6 heteroatoms. The molecule has 116 valence electrons. The van der Waals surface area contributed by atoms with Crippen molar-refractivity contribution in [1.82, 2.24) is 0 Å². The van der Waals surface area contributed by atoms with Gasteiger partial charge in [0.1, 0.15) is 5.76 Å². The number of furan rings is 1. The van der Waals surface area contributed by atoms with E-state index in [4.69, 9.17) is 27.6 Å². The lowest BCUT2D eigenvalue weighted by atomic mass is 10.2. The molecule has 3 nitrogen and oxygen atoms in total. The number of carbonyl (C=O) groups is 1. The molecule has 3 rings (SSSR count). The second-order valence-electron chi connectivity index (χ2n) is 4.73. The maximum absolute atomic E-state index is 12.2. The summed E-state index contributed by atoms with van der Waals surface area (Å²) in [5.74, 6) is 0.342. The summed E-state index contributed by atoms with van der Waals surface area (Å²) in [6.07, 6.45) is 0. The first-order valence-electron chi connectivity index (χ1n) is 6.66. The highest BCUT2D eigenvalue weighted by Gasteiger charge is 2.15. The number of halogens is 3. The third-order valence-electron chi connectivity index (χ3n) is 3.15. The zero-order valence-electron chi connectivity index (χ0n) is 11.6. The Balaban J connectivity index is 1.82. The van der Waals surface area contributed by atoms with Crippen molar-refractivity contribution in [3.8, 4) is 11.3 Å². The number of nitrogens with one attached hydrogen (secondary N) is 1. The van der Waals surface area contributed by atoms with Crippen LogP contribution >= 0.6 is 39.1 Å². The van der Waals surface area contributed by atoms with Crippen LogP contribution in [0.3, 0.4) is 0 Å². The fourth-order valence-electron chi connectivity index (χ4n) is 2.02. The summed E-state index contributed by atoms with van der Waals surface area (Å²) in [7, 11) is 0. The van der Waals surface area contributed by atoms with Gasteiger partial charge in [0.05, 0.1) is 10.0 Å². The molecule has 0 saturated carbocycles. The summed E-state index contributed by atoms with van der Waals surface area (Å²) in [6.45, 7) is 0. The first-order chi connectivity index (χ1) is 11.0. The number of anilines is 1. The van der Waals surface area contributed by atoms with Crippen molar-refractivity contribution < 1.29 is 9.21 Å². The summed E-state index contributed by atoms with van der Waals surface area (Å²) in [4.78, 5) is 12.2. The molecule has 0 radical (unpaired) electrons. The van der Waals surface area contributed by atoms with E-state index in [1.54, 1.807) is 42.5 Å². The van der Waals surface area contributed by atoms with Gasteiger partial charge >= 0.3 is 0 Å². The minimum Gasteiger partial charge on any atom is -0.451 e. The molecule has 1 aromatic heterocycles. The molecule has 1 N–H and O–H groups in total. The topological polar surface area (TPSA) is 42.2 Å². The SMILES string of the molecule is O=C(Nc1ccc(Br)cc1)c1ccc(-c2cccc(Cl)c2Cl)o1. The van der Waals surface area contributed by atoms with Crippen LogP contribution in [0.25, 0.3) is 11.3 Å². The van der Waals surface area contributed by atoms with Gasteiger partial charge in [0.25, 0.3) is 5.91 Å². The molecule has 0 unspecified atom stereocenters. The Labute approximate surface area is 151 Å². The van der Waals surface area contributed by atoms with Gasteiger partial charge in [-0.25, -0.2) is 0 Å². The zero-order chi connectivity index (χ0) is 16.4. The van der Waals surface area contributed by atoms with Gasteiger partial charge in [-0.05, 0) is 48.5 Å². The van der Waals surface area contributed by atoms with E-state index in [0.29, 0.717) is 27.1 Å². The number of carbonyl (C=O) groups excluding carboxylic acids is 1. The van der Waals surface area contributed by atoms with Crippen molar-refractivity contribution in [1.29, 1.82) is 0 Å². The fraction of sp³-hybridized carbons (Fsp3) is 0. The molecule has 0 saturated heterocycles. The Morgan fingerprint density at radius 2 is 1.74 bits per heavy atom. The molecule has 2 aromatic carbocycles. The smallest absolute Gasteiger partial charge is 0.291 e. The zero-order valence-corrected chi connectivity index (χ0v) is 14.7. The Morgan fingerprint density at radius 1 is 1.00 bits per heavy atom. The summed E-state index contributed by atoms with van der Waals surface area (Å²) in [5, 5.41) is 3.59. The van der Waals surface area contributed by atoms with Crippen molar-refractivity contribution >= 4 is 50.7 Å². The molecule has 0 atom stereocenters. The molecular formula is C17H10BrCl2NO2. The van der Waals surface area contributed by atoms with Gasteiger partial charge in [-0.3, -0.25) is 4.79 Å². The first-order valence-corrected chi connectivity index (χ1v) is 8.20. The van der Waals surface area contributed by atoms with Crippen molar-refractivity contribution in [3.05, 3.63) is 74.9 Å². The predicted octanol–water partition coefficient (Wildman–Crippen LogP) is 6.27. The minimum atomic E-state index is -0.336. The van der Waals surface area contributed by atoms with Crippen molar-refractivity contribution in [2.75, 3.05) is 5.32 Å². The molecule has 3 aromatic rings. The van der Waals surface area contributed by atoms with Crippen LogP contribution in [0.1, 0.15) is 10.6 Å². The Morgan fingerprint density at radius 3 is 2.48 bits per heavy atom. The average molecular weight is 411 g/mol. The van der Waals surface area contributed by atoms with Gasteiger partial charge < -0.3 is 9.73 Å². The van der Waals surface area contributed by atoms with Gasteiger partial charge in [0.2, 0.25) is 0 Å². The van der Waals surface area contributed by atoms with E-state index in [9.17, 15) is 4.79 Å². The van der Waals surface area contributed by atoms with Crippen LogP contribution in [-0.4, -0.2) is 5.91 Å². The van der Waals surface area contributed by atoms with Crippen molar-refractivity contribution in [3.63, 3.8) is 0 Å². The molecule has 0 fully saturated rings. The Bertz CT molecular complexity index is 859. The number of hydrogen-bond donors (Lipinski definition) is 1. The number of rotatable bonds is 3. The molecule has 0 aliphatic carbocycles. The number of amides is 1. The van der Waals surface area contributed by atoms with E-state index in [0.717, 1.165) is 4.47 Å². The van der Waals surface area contributed by atoms with Gasteiger partial charge in [0.15, 0.2) is 5.76 Å². The largest absolute Gasteiger partial charge is 0.451 e. The van der Waals surface area contributed by atoms with Crippen LogP contribution in [0.15, 0.2) is 63.5 Å². The molecule has 1 amide bonds. The predicted molar refractivity (Wildman–Crippen MR) is 96.3 cm³/mol. The summed E-state index contributed by atoms with van der Waals surface area (Å²) in [5.41, 5.74) is 1.32. The molecular weight excluding hydrogens is 401 g/mol. The summed E-state index contributed by atoms with van der Waals surface area (Å²) >= 11 is 15.5. The van der Waals surface area contributed by atoms with Crippen LogP contribution in [-0.2, 0) is 0 Å². The quantitative estimate of drug-likeness (QED) is 0.552. The summed E-state index contributed by atoms with van der Waals surface area (Å²) < 4.78 is 6.54. The van der Waals surface area contributed by atoms with Crippen LogP contribution in [0.5, 0.6) is 0 Å². The summed E-state index contributed by atoms with van der Waals surface area (Å²) in [6, 6.07) is 15.8. The lowest BCUT2D eigenvalue weighted by molar-refractivity contribution is 0.0997. The molecule has 23 heavy (non-hydrogen) atoms. The van der Waals surface area contributed by atoms with E-state index in [1.807, 2.05) is 12.1 Å². The maximum Gasteiger partial charge on any atom is 0.291 e. The van der Waals surface area contributed by atoms with Gasteiger partial charge in [-0.1, -0.05) is 45.2 Å². The van der Waals surface area contributed by atoms with Crippen molar-refractivity contribution in [2.45, 2.75) is 0 Å². The average Bonchev–Trinajstić information content (AvgIpc) is 3.02. The normalized spacial score (nSPS) is 10.6. The Kier molecular flexibility index (Phi) is 4.76. The van der Waals surface area contributed by atoms with E-state index < -0.39 is 0 Å². The first kappa shape index (κ1) is 16.1. The van der Waals surface area contributed by atoms with E-state index in [2.05, 4.69) is 21.2 Å². The number of hydrogen-bond acceptors (Lipinski definition) is 2. The van der Waals surface area contributed by atoms with E-state index in [-0.39, 0.29) is 11.7 Å². The molecule has 0 aliphatic rings. The maximum atomic E-state index is 12.2. The van der Waals surface area contributed by atoms with Crippen molar-refractivity contribution in [2.24, 2.45) is 0 Å². The molecule has 1 heterocycles. The molecule has 0 spiro atoms. The van der Waals surface area contributed by atoms with Gasteiger partial charge in [0, 0.05) is 15.7 Å². The third-order valence-corrected chi connectivity index (χ3v) is 4.50. The van der Waals surface area contributed by atoms with Crippen LogP contribution in [0.2, 0.25) is 10.0 Å². The van der Waals surface area contributed by atoms with Gasteiger partial charge in [-0.2, -0.15) is 0 Å². The highest BCUT2D eigenvalue weighted by Crippen LogP contribution is 2.34. The third kappa shape index (κ3) is 3.61. The second-order valence-corrected chi connectivity index (χ2v) is 6.43. The molecule has 0 bridgehead atoms. The van der Waals surface area contributed by atoms with Gasteiger partial charge in [-0.15, -0.1) is 0 Å². The highest BCUT2D eigenvalue weighted by atomic mass is 79.9. The lowest BCUT2D eigenvalue weighted by Gasteiger charge is -2.04. The lowest BCUT2D eigenvalue weighted by Crippen LogP contribution is -2.10. The standard InChI is InChI=1S/C17H10BrCl2NO2/c18-10-4-6-11(7-5-10)21-17(22)15-9-8-14(23-15)12-2-1-3-13(19)16(12)20/h1-9H,(H,21,22). The highest BCUT2D eigenvalue weighted by molar-refractivity contribution is 9.10. The van der Waals surface area contributed by atoms with E-state index >= 15 is 0 Å². The molecule has 0 aliphatic heterocycles. The second kappa shape index (κ2) is 6.79.